The monoisotopic (exact) mass is 153 g/mol. The van der Waals surface area contributed by atoms with Gasteiger partial charge in [-0.15, -0.1) is 0 Å². The van der Waals surface area contributed by atoms with E-state index in [4.69, 9.17) is 5.73 Å². The second kappa shape index (κ2) is 4.57. The van der Waals surface area contributed by atoms with E-state index in [0.29, 0.717) is 6.42 Å². The van der Waals surface area contributed by atoms with Crippen LogP contribution in [0.15, 0.2) is 0 Å². The van der Waals surface area contributed by atoms with Crippen molar-refractivity contribution < 1.29 is 13.5 Å². The molecule has 0 aromatic carbocycles. The first-order valence-corrected chi connectivity index (χ1v) is 3.21. The lowest BCUT2D eigenvalue weighted by Crippen LogP contribution is -2.27. The maximum Gasteiger partial charge on any atom is 0.346 e. The molecule has 0 rings (SSSR count). The van der Waals surface area contributed by atoms with Gasteiger partial charge in [0.1, 0.15) is 6.23 Å². The van der Waals surface area contributed by atoms with Crippen molar-refractivity contribution in [1.29, 1.82) is 0 Å². The normalized spacial score (nSPS) is 14.7. The SMILES string of the molecule is CC(C)C[C@@H](N)OC(F)F. The summed E-state index contributed by atoms with van der Waals surface area (Å²) in [6, 6.07) is 0. The molecule has 0 amide bonds. The Labute approximate surface area is 59.3 Å². The minimum Gasteiger partial charge on any atom is -0.306 e. The van der Waals surface area contributed by atoms with Gasteiger partial charge in [0, 0.05) is 0 Å². The molecule has 2 N–H and O–H groups in total. The predicted molar refractivity (Wildman–Crippen MR) is 34.5 cm³/mol. The average molecular weight is 153 g/mol. The van der Waals surface area contributed by atoms with Crippen LogP contribution < -0.4 is 5.73 Å². The van der Waals surface area contributed by atoms with Gasteiger partial charge in [0.05, 0.1) is 0 Å². The van der Waals surface area contributed by atoms with Gasteiger partial charge < -0.3 is 10.5 Å². The van der Waals surface area contributed by atoms with Gasteiger partial charge in [0.25, 0.3) is 0 Å². The Morgan fingerprint density at radius 3 is 2.20 bits per heavy atom. The van der Waals surface area contributed by atoms with E-state index in [0.717, 1.165) is 0 Å². The summed E-state index contributed by atoms with van der Waals surface area (Å²) in [6.07, 6.45) is -0.371. The van der Waals surface area contributed by atoms with Crippen molar-refractivity contribution in [2.24, 2.45) is 11.7 Å². The second-order valence-electron chi connectivity index (χ2n) is 2.56. The minimum atomic E-state index is -2.76. The molecule has 0 aromatic heterocycles. The molecule has 1 atom stereocenters. The summed E-state index contributed by atoms with van der Waals surface area (Å²) in [4.78, 5) is 0. The molecule has 0 fully saturated rings. The zero-order chi connectivity index (χ0) is 8.15. The van der Waals surface area contributed by atoms with Crippen LogP contribution in [0.5, 0.6) is 0 Å². The summed E-state index contributed by atoms with van der Waals surface area (Å²) in [5.41, 5.74) is 5.17. The molecule has 0 radical (unpaired) electrons. The Bertz CT molecular complexity index is 77.8. The van der Waals surface area contributed by atoms with Crippen LogP contribution in [-0.2, 0) is 4.74 Å². The lowest BCUT2D eigenvalue weighted by Gasteiger charge is -2.13. The summed E-state index contributed by atoms with van der Waals surface area (Å²) >= 11 is 0. The van der Waals surface area contributed by atoms with Crippen molar-refractivity contribution in [3.8, 4) is 0 Å². The maximum atomic E-state index is 11.4. The number of alkyl halides is 2. The fourth-order valence-corrected chi connectivity index (χ4v) is 0.652. The zero-order valence-electron chi connectivity index (χ0n) is 6.18. The Morgan fingerprint density at radius 2 is 1.90 bits per heavy atom. The highest BCUT2D eigenvalue weighted by Crippen LogP contribution is 2.06. The van der Waals surface area contributed by atoms with Crippen LogP contribution in [0.4, 0.5) is 8.78 Å². The second-order valence-corrected chi connectivity index (χ2v) is 2.56. The predicted octanol–water partition coefficient (Wildman–Crippen LogP) is 1.56. The van der Waals surface area contributed by atoms with Crippen LogP contribution in [0, 0.1) is 5.92 Å². The van der Waals surface area contributed by atoms with Crippen molar-refractivity contribution in [1.82, 2.24) is 0 Å². The van der Waals surface area contributed by atoms with Crippen molar-refractivity contribution in [2.45, 2.75) is 33.1 Å². The van der Waals surface area contributed by atoms with Crippen LogP contribution in [0.3, 0.4) is 0 Å². The van der Waals surface area contributed by atoms with Crippen molar-refractivity contribution in [2.75, 3.05) is 0 Å². The van der Waals surface area contributed by atoms with Gasteiger partial charge in [-0.3, -0.25) is 0 Å². The number of nitrogens with two attached hydrogens (primary N) is 1. The largest absolute Gasteiger partial charge is 0.346 e. The quantitative estimate of drug-likeness (QED) is 0.622. The fraction of sp³-hybridized carbons (Fsp3) is 1.00. The molecular weight excluding hydrogens is 140 g/mol. The molecule has 0 bridgehead atoms. The van der Waals surface area contributed by atoms with E-state index in [2.05, 4.69) is 4.74 Å². The smallest absolute Gasteiger partial charge is 0.306 e. The number of hydrogen-bond acceptors (Lipinski definition) is 2. The average Bonchev–Trinajstić information content (AvgIpc) is 1.58. The summed E-state index contributed by atoms with van der Waals surface area (Å²) in [6.45, 7) is 1.04. The Kier molecular flexibility index (Phi) is 4.47. The molecule has 62 valence electrons. The molecule has 0 unspecified atom stereocenters. The molecule has 0 aromatic rings. The fourth-order valence-electron chi connectivity index (χ4n) is 0.652. The van der Waals surface area contributed by atoms with E-state index < -0.39 is 12.8 Å². The highest BCUT2D eigenvalue weighted by Gasteiger charge is 2.10. The zero-order valence-corrected chi connectivity index (χ0v) is 6.18. The number of rotatable bonds is 4. The number of ether oxygens (including phenoxy) is 1. The molecular formula is C6H13F2NO. The van der Waals surface area contributed by atoms with Crippen LogP contribution >= 0.6 is 0 Å². The van der Waals surface area contributed by atoms with Gasteiger partial charge in [-0.25, -0.2) is 0 Å². The first-order chi connectivity index (χ1) is 4.52. The van der Waals surface area contributed by atoms with Crippen molar-refractivity contribution in [3.63, 3.8) is 0 Å². The van der Waals surface area contributed by atoms with Gasteiger partial charge in [-0.1, -0.05) is 13.8 Å². The summed E-state index contributed by atoms with van der Waals surface area (Å²) in [5.74, 6) is 0.286. The van der Waals surface area contributed by atoms with Crippen LogP contribution in [0.25, 0.3) is 0 Å². The number of halogens is 2. The Hall–Kier alpha value is -0.220. The minimum absolute atomic E-state index is 0.286. The van der Waals surface area contributed by atoms with E-state index in [9.17, 15) is 8.78 Å². The Balaban J connectivity index is 3.34. The third-order valence-corrected chi connectivity index (χ3v) is 0.981. The molecule has 0 aliphatic heterocycles. The first-order valence-electron chi connectivity index (χ1n) is 3.21. The van der Waals surface area contributed by atoms with E-state index in [1.807, 2.05) is 13.8 Å². The topological polar surface area (TPSA) is 35.2 Å². The van der Waals surface area contributed by atoms with E-state index in [-0.39, 0.29) is 5.92 Å². The van der Waals surface area contributed by atoms with E-state index in [1.165, 1.54) is 0 Å². The van der Waals surface area contributed by atoms with Crippen molar-refractivity contribution in [3.05, 3.63) is 0 Å². The maximum absolute atomic E-state index is 11.4. The summed E-state index contributed by atoms with van der Waals surface area (Å²) in [7, 11) is 0. The third kappa shape index (κ3) is 5.91. The van der Waals surface area contributed by atoms with Gasteiger partial charge in [0.15, 0.2) is 0 Å². The molecule has 0 saturated carbocycles. The lowest BCUT2D eigenvalue weighted by atomic mass is 10.1. The Morgan fingerprint density at radius 1 is 1.40 bits per heavy atom. The molecule has 0 aliphatic rings. The van der Waals surface area contributed by atoms with E-state index in [1.54, 1.807) is 0 Å². The highest BCUT2D eigenvalue weighted by atomic mass is 19.3. The molecule has 10 heavy (non-hydrogen) atoms. The van der Waals surface area contributed by atoms with Gasteiger partial charge in [-0.2, -0.15) is 8.78 Å². The van der Waals surface area contributed by atoms with Gasteiger partial charge in [-0.05, 0) is 12.3 Å². The highest BCUT2D eigenvalue weighted by molar-refractivity contribution is 4.51. The summed E-state index contributed by atoms with van der Waals surface area (Å²) < 4.78 is 26.9. The third-order valence-electron chi connectivity index (χ3n) is 0.981. The van der Waals surface area contributed by atoms with Crippen molar-refractivity contribution >= 4 is 0 Å². The molecule has 0 heterocycles. The number of hydrogen-bond donors (Lipinski definition) is 1. The van der Waals surface area contributed by atoms with Gasteiger partial charge in [0.2, 0.25) is 0 Å². The molecule has 0 aliphatic carbocycles. The van der Waals surface area contributed by atoms with Crippen LogP contribution in [0.2, 0.25) is 0 Å². The summed E-state index contributed by atoms with van der Waals surface area (Å²) in [5, 5.41) is 0. The van der Waals surface area contributed by atoms with Crippen LogP contribution in [0.1, 0.15) is 20.3 Å². The molecule has 0 saturated heterocycles. The first kappa shape index (κ1) is 9.78. The van der Waals surface area contributed by atoms with E-state index >= 15 is 0 Å². The standard InChI is InChI=1S/C6H13F2NO/c1-4(2)3-5(9)10-6(7)8/h4-6H,3,9H2,1-2H3/t5-/m0/s1. The molecule has 0 spiro atoms. The van der Waals surface area contributed by atoms with Crippen LogP contribution in [-0.4, -0.2) is 12.8 Å². The molecule has 4 heteroatoms. The lowest BCUT2D eigenvalue weighted by molar-refractivity contribution is -0.164. The molecule has 2 nitrogen and oxygen atoms in total. The van der Waals surface area contributed by atoms with Gasteiger partial charge >= 0.3 is 6.61 Å².